The molecule has 0 spiro atoms. The van der Waals surface area contributed by atoms with Crippen molar-refractivity contribution in [2.75, 3.05) is 31.3 Å². The first kappa shape index (κ1) is 24.5. The molecule has 1 atom stereocenters. The predicted octanol–water partition coefficient (Wildman–Crippen LogP) is 3.34. The Bertz CT molecular complexity index is 990. The molecule has 1 amide bonds. The van der Waals surface area contributed by atoms with Crippen molar-refractivity contribution in [3.05, 3.63) is 54.1 Å². The highest BCUT2D eigenvalue weighted by Gasteiger charge is 2.27. The Labute approximate surface area is 185 Å². The van der Waals surface area contributed by atoms with E-state index in [0.29, 0.717) is 17.9 Å². The minimum Gasteiger partial charge on any atom is -0.497 e. The lowest BCUT2D eigenvalue weighted by molar-refractivity contribution is -0.120. The number of ether oxygens (including phenoxy) is 2. The number of nitrogens with zero attached hydrogens (tertiary/aromatic N) is 1. The van der Waals surface area contributed by atoms with Crippen LogP contribution in [0.15, 0.2) is 48.5 Å². The zero-order chi connectivity index (χ0) is 23.2. The summed E-state index contributed by atoms with van der Waals surface area (Å²) in [5, 5.41) is 2.93. The third-order valence-electron chi connectivity index (χ3n) is 5.12. The lowest BCUT2D eigenvalue weighted by Crippen LogP contribution is -2.44. The van der Waals surface area contributed by atoms with Gasteiger partial charge in [-0.15, -0.1) is 0 Å². The standard InChI is InChI=1S/C23H32N2O5S/c1-17(15-23(2,3)18-10-8-7-9-11-18)24-22(26)16-25(31(6,27)28)20-14-19(29-4)12-13-21(20)30-5/h7-14,17H,15-16H2,1-6H3,(H,24,26). The number of rotatable bonds is 10. The maximum absolute atomic E-state index is 12.8. The summed E-state index contributed by atoms with van der Waals surface area (Å²) < 4.78 is 36.5. The Morgan fingerprint density at radius 3 is 2.29 bits per heavy atom. The lowest BCUT2D eigenvalue weighted by atomic mass is 9.79. The van der Waals surface area contributed by atoms with Gasteiger partial charge in [0.25, 0.3) is 0 Å². The van der Waals surface area contributed by atoms with Crippen molar-refractivity contribution in [3.8, 4) is 11.5 Å². The van der Waals surface area contributed by atoms with Crippen LogP contribution >= 0.6 is 0 Å². The summed E-state index contributed by atoms with van der Waals surface area (Å²) in [5.41, 5.74) is 1.27. The minimum atomic E-state index is -3.75. The van der Waals surface area contributed by atoms with Gasteiger partial charge in [-0.2, -0.15) is 0 Å². The van der Waals surface area contributed by atoms with E-state index in [1.54, 1.807) is 12.1 Å². The van der Waals surface area contributed by atoms with Crippen LogP contribution in [0, 0.1) is 0 Å². The molecule has 0 aliphatic rings. The van der Waals surface area contributed by atoms with Crippen molar-refractivity contribution in [3.63, 3.8) is 0 Å². The smallest absolute Gasteiger partial charge is 0.240 e. The molecule has 0 saturated carbocycles. The molecule has 7 nitrogen and oxygen atoms in total. The van der Waals surface area contributed by atoms with Gasteiger partial charge in [-0.1, -0.05) is 44.2 Å². The first-order valence-corrected chi connectivity index (χ1v) is 11.9. The number of amides is 1. The summed E-state index contributed by atoms with van der Waals surface area (Å²) in [5.74, 6) is 0.395. The molecule has 0 radical (unpaired) electrons. The highest BCUT2D eigenvalue weighted by Crippen LogP contribution is 2.33. The molecule has 0 aliphatic carbocycles. The fourth-order valence-corrected chi connectivity index (χ4v) is 4.50. The molecule has 1 N–H and O–H groups in total. The van der Waals surface area contributed by atoms with E-state index >= 15 is 0 Å². The van der Waals surface area contributed by atoms with E-state index in [4.69, 9.17) is 9.47 Å². The molecule has 1 unspecified atom stereocenters. The third-order valence-corrected chi connectivity index (χ3v) is 6.25. The Balaban J connectivity index is 2.17. The number of nitrogens with one attached hydrogen (secondary N) is 1. The molecule has 170 valence electrons. The summed E-state index contributed by atoms with van der Waals surface area (Å²) in [6.45, 7) is 5.79. The molecular formula is C23H32N2O5S. The molecule has 8 heteroatoms. The minimum absolute atomic E-state index is 0.152. The lowest BCUT2D eigenvalue weighted by Gasteiger charge is -2.30. The number of carbonyl (C=O) groups is 1. The van der Waals surface area contributed by atoms with E-state index in [1.807, 2.05) is 25.1 Å². The van der Waals surface area contributed by atoms with Gasteiger partial charge in [0, 0.05) is 12.1 Å². The Morgan fingerprint density at radius 2 is 1.74 bits per heavy atom. The van der Waals surface area contributed by atoms with Crippen LogP contribution in [0.5, 0.6) is 11.5 Å². The maximum Gasteiger partial charge on any atom is 0.240 e. The van der Waals surface area contributed by atoms with Crippen molar-refractivity contribution >= 4 is 21.6 Å². The molecule has 2 aromatic rings. The summed E-state index contributed by atoms with van der Waals surface area (Å²) in [4.78, 5) is 12.8. The van der Waals surface area contributed by atoms with E-state index in [9.17, 15) is 13.2 Å². The van der Waals surface area contributed by atoms with Gasteiger partial charge in [0.2, 0.25) is 15.9 Å². The van der Waals surface area contributed by atoms with Gasteiger partial charge >= 0.3 is 0 Å². The third kappa shape index (κ3) is 6.62. The molecule has 2 aromatic carbocycles. The van der Waals surface area contributed by atoms with Gasteiger partial charge in [0.15, 0.2) is 0 Å². The van der Waals surface area contributed by atoms with Gasteiger partial charge in [-0.3, -0.25) is 9.10 Å². The SMILES string of the molecule is COc1ccc(OC)c(N(CC(=O)NC(C)CC(C)(C)c2ccccc2)S(C)(=O)=O)c1. The predicted molar refractivity (Wildman–Crippen MR) is 123 cm³/mol. The summed E-state index contributed by atoms with van der Waals surface area (Å²) in [6.07, 6.45) is 1.76. The quantitative estimate of drug-likeness (QED) is 0.603. The molecular weight excluding hydrogens is 416 g/mol. The second-order valence-electron chi connectivity index (χ2n) is 8.23. The zero-order valence-corrected chi connectivity index (χ0v) is 19.8. The molecule has 0 bridgehead atoms. The van der Waals surface area contributed by atoms with E-state index in [1.165, 1.54) is 25.8 Å². The van der Waals surface area contributed by atoms with E-state index < -0.39 is 15.9 Å². The summed E-state index contributed by atoms with van der Waals surface area (Å²) >= 11 is 0. The van der Waals surface area contributed by atoms with E-state index in [0.717, 1.165) is 10.6 Å². The molecule has 0 aromatic heterocycles. The van der Waals surface area contributed by atoms with E-state index in [-0.39, 0.29) is 23.7 Å². The maximum atomic E-state index is 12.8. The van der Waals surface area contributed by atoms with Crippen LogP contribution in [0.4, 0.5) is 5.69 Å². The van der Waals surface area contributed by atoms with Crippen LogP contribution in [0.25, 0.3) is 0 Å². The average Bonchev–Trinajstić information content (AvgIpc) is 2.70. The molecule has 0 aliphatic heterocycles. The van der Waals surface area contributed by atoms with Crippen molar-refractivity contribution < 1.29 is 22.7 Å². The van der Waals surface area contributed by atoms with Gasteiger partial charge in [-0.25, -0.2) is 8.42 Å². The van der Waals surface area contributed by atoms with Crippen LogP contribution in [0.1, 0.15) is 32.8 Å². The molecule has 0 fully saturated rings. The van der Waals surface area contributed by atoms with Gasteiger partial charge < -0.3 is 14.8 Å². The number of anilines is 1. The van der Waals surface area contributed by atoms with Crippen molar-refractivity contribution in [1.29, 1.82) is 0 Å². The highest BCUT2D eigenvalue weighted by atomic mass is 32.2. The van der Waals surface area contributed by atoms with Crippen LogP contribution in [0.3, 0.4) is 0 Å². The molecule has 0 heterocycles. The fraction of sp³-hybridized carbons (Fsp3) is 0.435. The number of hydrogen-bond acceptors (Lipinski definition) is 5. The fourth-order valence-electron chi connectivity index (χ4n) is 3.65. The molecule has 31 heavy (non-hydrogen) atoms. The number of methoxy groups -OCH3 is 2. The largest absolute Gasteiger partial charge is 0.497 e. The number of sulfonamides is 1. The Kier molecular flexibility index (Phi) is 7.95. The highest BCUT2D eigenvalue weighted by molar-refractivity contribution is 7.92. The average molecular weight is 449 g/mol. The first-order chi connectivity index (χ1) is 14.5. The number of benzene rings is 2. The van der Waals surface area contributed by atoms with Gasteiger partial charge in [0.1, 0.15) is 18.0 Å². The van der Waals surface area contributed by atoms with E-state index in [2.05, 4.69) is 31.3 Å². The Morgan fingerprint density at radius 1 is 1.10 bits per heavy atom. The second-order valence-corrected chi connectivity index (χ2v) is 10.1. The van der Waals surface area contributed by atoms with Crippen molar-refractivity contribution in [1.82, 2.24) is 5.32 Å². The van der Waals surface area contributed by atoms with Crippen LogP contribution in [0.2, 0.25) is 0 Å². The monoisotopic (exact) mass is 448 g/mol. The van der Waals surface area contributed by atoms with Crippen molar-refractivity contribution in [2.24, 2.45) is 0 Å². The number of hydrogen-bond donors (Lipinski definition) is 1. The summed E-state index contributed by atoms with van der Waals surface area (Å²) in [6, 6.07) is 14.7. The van der Waals surface area contributed by atoms with Crippen molar-refractivity contribution in [2.45, 2.75) is 38.6 Å². The zero-order valence-electron chi connectivity index (χ0n) is 19.0. The van der Waals surface area contributed by atoms with Crippen LogP contribution in [-0.2, 0) is 20.2 Å². The molecule has 0 saturated heterocycles. The van der Waals surface area contributed by atoms with Gasteiger partial charge in [0.05, 0.1) is 26.2 Å². The Hall–Kier alpha value is -2.74. The molecule has 2 rings (SSSR count). The number of carbonyl (C=O) groups excluding carboxylic acids is 1. The first-order valence-electron chi connectivity index (χ1n) is 10.0. The normalized spacial score (nSPS) is 12.7. The topological polar surface area (TPSA) is 84.9 Å². The van der Waals surface area contributed by atoms with Crippen LogP contribution < -0.4 is 19.1 Å². The summed E-state index contributed by atoms with van der Waals surface area (Å²) in [7, 11) is -0.818. The van der Waals surface area contributed by atoms with Gasteiger partial charge in [-0.05, 0) is 36.5 Å². The second kappa shape index (κ2) is 10.0. The van der Waals surface area contributed by atoms with Crippen LogP contribution in [-0.4, -0.2) is 47.4 Å².